The fraction of sp³-hybridized carbons (Fsp3) is 0.0741. The summed E-state index contributed by atoms with van der Waals surface area (Å²) in [6, 6.07) is 19.7. The highest BCUT2D eigenvalue weighted by molar-refractivity contribution is 6.31. The molecule has 0 aliphatic carbocycles. The zero-order valence-electron chi connectivity index (χ0n) is 18.2. The molecule has 0 spiro atoms. The Kier molecular flexibility index (Phi) is 6.05. The molecule has 9 heteroatoms. The van der Waals surface area contributed by atoms with Gasteiger partial charge in [0.1, 0.15) is 29.5 Å². The van der Waals surface area contributed by atoms with Crippen LogP contribution in [0.3, 0.4) is 0 Å². The van der Waals surface area contributed by atoms with Crippen molar-refractivity contribution < 1.29 is 31.5 Å². The summed E-state index contributed by atoms with van der Waals surface area (Å²) in [6.45, 7) is -0.281. The fourth-order valence-electron chi connectivity index (χ4n) is 3.70. The minimum atomic E-state index is -5.02. The molecule has 4 aromatic carbocycles. The van der Waals surface area contributed by atoms with E-state index in [1.165, 1.54) is 42.5 Å². The summed E-state index contributed by atoms with van der Waals surface area (Å²) in [5.74, 6) is -3.04. The van der Waals surface area contributed by atoms with Gasteiger partial charge in [-0.05, 0) is 47.2 Å². The van der Waals surface area contributed by atoms with Gasteiger partial charge in [-0.1, -0.05) is 48.0 Å². The van der Waals surface area contributed by atoms with E-state index < -0.39 is 28.9 Å². The van der Waals surface area contributed by atoms with E-state index in [9.17, 15) is 22.4 Å². The van der Waals surface area contributed by atoms with Gasteiger partial charge in [0.15, 0.2) is 0 Å². The highest BCUT2D eigenvalue weighted by atomic mass is 35.5. The molecule has 0 aliphatic rings. The van der Waals surface area contributed by atoms with Crippen molar-refractivity contribution in [1.29, 1.82) is 0 Å². The third-order valence-corrected chi connectivity index (χ3v) is 5.82. The van der Waals surface area contributed by atoms with Crippen molar-refractivity contribution in [2.75, 3.05) is 0 Å². The number of benzene rings is 4. The molecule has 0 saturated carbocycles. The van der Waals surface area contributed by atoms with Crippen molar-refractivity contribution in [3.05, 3.63) is 111 Å². The maximum Gasteiger partial charge on any atom is 0.453 e. The quantitative estimate of drug-likeness (QED) is 0.222. The molecular weight excluding hydrogens is 500 g/mol. The zero-order chi connectivity index (χ0) is 25.4. The van der Waals surface area contributed by atoms with Gasteiger partial charge in [0.2, 0.25) is 11.2 Å². The monoisotopic (exact) mass is 514 g/mol. The molecule has 0 bridgehead atoms. The van der Waals surface area contributed by atoms with Crippen LogP contribution < -0.4 is 14.9 Å². The van der Waals surface area contributed by atoms with Crippen LogP contribution in [0.25, 0.3) is 21.7 Å². The van der Waals surface area contributed by atoms with Gasteiger partial charge in [-0.2, -0.15) is 13.2 Å². The van der Waals surface area contributed by atoms with Crippen LogP contribution in [0.2, 0.25) is 5.02 Å². The Morgan fingerprint density at radius 1 is 0.861 bits per heavy atom. The van der Waals surface area contributed by atoms with Gasteiger partial charge >= 0.3 is 6.18 Å². The Hall–Kier alpha value is -4.04. The van der Waals surface area contributed by atoms with Crippen molar-refractivity contribution in [2.45, 2.75) is 12.8 Å². The summed E-state index contributed by atoms with van der Waals surface area (Å²) in [7, 11) is 0. The Bertz CT molecular complexity index is 1640. The van der Waals surface area contributed by atoms with E-state index in [1.807, 2.05) is 12.1 Å². The van der Waals surface area contributed by atoms with Crippen molar-refractivity contribution in [1.82, 2.24) is 0 Å². The smallest absolute Gasteiger partial charge is 0.453 e. The van der Waals surface area contributed by atoms with Crippen molar-refractivity contribution in [3.63, 3.8) is 0 Å². The standard InChI is InChI=1S/C27H15ClF4O4/c28-21-6-3-7-22(29)20(21)14-34-17-10-11-19-23(13-17)36-26(27(30,31)32)25(24(19)33)35-18-9-8-15-4-1-2-5-16(15)12-18/h1-13H,14H2. The predicted octanol–water partition coefficient (Wildman–Crippen LogP) is 8.13. The van der Waals surface area contributed by atoms with Crippen LogP contribution in [-0.4, -0.2) is 0 Å². The molecule has 36 heavy (non-hydrogen) atoms. The van der Waals surface area contributed by atoms with E-state index >= 15 is 0 Å². The van der Waals surface area contributed by atoms with E-state index in [4.69, 9.17) is 25.5 Å². The molecule has 0 saturated heterocycles. The number of hydrogen-bond donors (Lipinski definition) is 0. The van der Waals surface area contributed by atoms with E-state index in [1.54, 1.807) is 18.2 Å². The Morgan fingerprint density at radius 2 is 1.61 bits per heavy atom. The van der Waals surface area contributed by atoms with Crippen LogP contribution in [0.5, 0.6) is 17.2 Å². The first kappa shape index (κ1) is 23.7. The maximum absolute atomic E-state index is 14.0. The molecular formula is C27H15ClF4O4. The second kappa shape index (κ2) is 9.20. The van der Waals surface area contributed by atoms with Gasteiger partial charge in [-0.3, -0.25) is 4.79 Å². The van der Waals surface area contributed by atoms with E-state index in [0.717, 1.165) is 16.8 Å². The number of ether oxygens (including phenoxy) is 2. The summed E-state index contributed by atoms with van der Waals surface area (Å²) in [5.41, 5.74) is -1.29. The van der Waals surface area contributed by atoms with Crippen molar-refractivity contribution in [3.8, 4) is 17.2 Å². The first-order valence-electron chi connectivity index (χ1n) is 10.6. The molecule has 0 atom stereocenters. The third-order valence-electron chi connectivity index (χ3n) is 5.47. The third kappa shape index (κ3) is 4.59. The van der Waals surface area contributed by atoms with Crippen LogP contribution in [0.15, 0.2) is 88.1 Å². The molecule has 0 aliphatic heterocycles. The van der Waals surface area contributed by atoms with Gasteiger partial charge in [0, 0.05) is 11.6 Å². The fourth-order valence-corrected chi connectivity index (χ4v) is 3.92. The van der Waals surface area contributed by atoms with Crippen LogP contribution in [-0.2, 0) is 12.8 Å². The molecule has 4 nitrogen and oxygen atoms in total. The SMILES string of the molecule is O=c1c(Oc2ccc3ccccc3c2)c(C(F)(F)F)oc2cc(OCc3c(F)cccc3Cl)ccc12. The van der Waals surface area contributed by atoms with Gasteiger partial charge < -0.3 is 13.9 Å². The minimum Gasteiger partial charge on any atom is -0.489 e. The first-order valence-corrected chi connectivity index (χ1v) is 11.0. The molecule has 0 unspecified atom stereocenters. The summed E-state index contributed by atoms with van der Waals surface area (Å²) >= 11 is 5.98. The number of rotatable bonds is 5. The highest BCUT2D eigenvalue weighted by Crippen LogP contribution is 2.39. The highest BCUT2D eigenvalue weighted by Gasteiger charge is 2.40. The largest absolute Gasteiger partial charge is 0.489 e. The minimum absolute atomic E-state index is 0.0487. The average Bonchev–Trinajstić information content (AvgIpc) is 2.84. The summed E-state index contributed by atoms with van der Waals surface area (Å²) in [4.78, 5) is 13.1. The first-order chi connectivity index (χ1) is 17.2. The molecule has 1 heterocycles. The van der Waals surface area contributed by atoms with Crippen LogP contribution in [0.4, 0.5) is 17.6 Å². The Labute approximate surface area is 206 Å². The molecule has 0 amide bonds. The van der Waals surface area contributed by atoms with Gasteiger partial charge in [-0.25, -0.2) is 4.39 Å². The van der Waals surface area contributed by atoms with Gasteiger partial charge in [0.05, 0.1) is 10.4 Å². The lowest BCUT2D eigenvalue weighted by Gasteiger charge is -2.14. The van der Waals surface area contributed by atoms with Crippen LogP contribution in [0.1, 0.15) is 11.3 Å². The van der Waals surface area contributed by atoms with Crippen LogP contribution in [0, 0.1) is 5.82 Å². The molecule has 0 fully saturated rings. The second-order valence-electron chi connectivity index (χ2n) is 7.85. The number of fused-ring (bicyclic) bond motifs is 2. The van der Waals surface area contributed by atoms with Crippen LogP contribution >= 0.6 is 11.6 Å². The normalized spacial score (nSPS) is 11.7. The average molecular weight is 515 g/mol. The maximum atomic E-state index is 14.0. The molecule has 0 radical (unpaired) electrons. The number of alkyl halides is 3. The van der Waals surface area contributed by atoms with Crippen molar-refractivity contribution >= 4 is 33.3 Å². The lowest BCUT2D eigenvalue weighted by Crippen LogP contribution is -2.15. The van der Waals surface area contributed by atoms with Crippen molar-refractivity contribution in [2.24, 2.45) is 0 Å². The predicted molar refractivity (Wildman–Crippen MR) is 127 cm³/mol. The summed E-state index contributed by atoms with van der Waals surface area (Å²) in [6.07, 6.45) is -5.02. The Balaban J connectivity index is 1.53. The molecule has 5 rings (SSSR count). The van der Waals surface area contributed by atoms with E-state index in [2.05, 4.69) is 0 Å². The molecule has 5 aromatic rings. The Morgan fingerprint density at radius 3 is 2.36 bits per heavy atom. The molecule has 0 N–H and O–H groups in total. The van der Waals surface area contributed by atoms with Gasteiger partial charge in [0.25, 0.3) is 5.76 Å². The van der Waals surface area contributed by atoms with E-state index in [-0.39, 0.29) is 39.7 Å². The molecule has 182 valence electrons. The topological polar surface area (TPSA) is 48.7 Å². The number of halogens is 5. The zero-order valence-corrected chi connectivity index (χ0v) is 19.0. The second-order valence-corrected chi connectivity index (χ2v) is 8.25. The van der Waals surface area contributed by atoms with E-state index in [0.29, 0.717) is 0 Å². The molecule has 1 aromatic heterocycles. The summed E-state index contributed by atoms with van der Waals surface area (Å²) in [5, 5.41) is 1.58. The summed E-state index contributed by atoms with van der Waals surface area (Å²) < 4.78 is 71.6. The number of hydrogen-bond acceptors (Lipinski definition) is 4. The lowest BCUT2D eigenvalue weighted by atomic mass is 10.1. The lowest BCUT2D eigenvalue weighted by molar-refractivity contribution is -0.154. The van der Waals surface area contributed by atoms with Gasteiger partial charge in [-0.15, -0.1) is 0 Å².